The summed E-state index contributed by atoms with van der Waals surface area (Å²) < 4.78 is 3.91. The Labute approximate surface area is 126 Å². The van der Waals surface area contributed by atoms with Crippen molar-refractivity contribution in [3.05, 3.63) is 65.0 Å². The smallest absolute Gasteiger partial charge is 0.269 e. The summed E-state index contributed by atoms with van der Waals surface area (Å²) in [6.07, 6.45) is 0. The highest BCUT2D eigenvalue weighted by molar-refractivity contribution is 7.08. The number of hydrogen-bond donors (Lipinski definition) is 1. The zero-order valence-electron chi connectivity index (χ0n) is 11.4. The number of benzene rings is 2. The second-order valence-corrected chi connectivity index (χ2v) is 5.39. The molecule has 0 atom stereocenters. The monoisotopic (exact) mass is 295 g/mol. The van der Waals surface area contributed by atoms with E-state index in [1.807, 2.05) is 61.5 Å². The number of nitrogens with one attached hydrogen (secondary N) is 1. The lowest BCUT2D eigenvalue weighted by Gasteiger charge is -2.05. The van der Waals surface area contributed by atoms with Crippen LogP contribution in [0.15, 0.2) is 54.6 Å². The highest BCUT2D eigenvalue weighted by atomic mass is 32.1. The number of nitrogens with zero attached hydrogens (tertiary/aromatic N) is 2. The van der Waals surface area contributed by atoms with E-state index in [9.17, 15) is 4.79 Å². The Bertz CT molecular complexity index is 768. The molecule has 3 rings (SSSR count). The summed E-state index contributed by atoms with van der Waals surface area (Å²) in [5, 5.41) is 6.96. The Morgan fingerprint density at radius 2 is 1.90 bits per heavy atom. The molecule has 1 heterocycles. The molecule has 0 bridgehead atoms. The van der Waals surface area contributed by atoms with Crippen LogP contribution in [0.25, 0.3) is 11.3 Å². The molecule has 21 heavy (non-hydrogen) atoms. The summed E-state index contributed by atoms with van der Waals surface area (Å²) >= 11 is 1.10. The van der Waals surface area contributed by atoms with E-state index in [1.165, 1.54) is 0 Å². The van der Waals surface area contributed by atoms with Gasteiger partial charge in [0.2, 0.25) is 0 Å². The first-order chi connectivity index (χ1) is 10.2. The second-order valence-electron chi connectivity index (χ2n) is 4.64. The van der Waals surface area contributed by atoms with Gasteiger partial charge < -0.3 is 5.32 Å². The van der Waals surface area contributed by atoms with E-state index in [2.05, 4.69) is 14.9 Å². The SMILES string of the molecule is Cc1cccc(NC(=O)c2snnc2-c2ccccc2)c1. The van der Waals surface area contributed by atoms with E-state index in [1.54, 1.807) is 0 Å². The molecule has 1 aromatic heterocycles. The number of hydrogen-bond acceptors (Lipinski definition) is 4. The third-order valence-corrected chi connectivity index (χ3v) is 3.74. The number of anilines is 1. The third-order valence-electron chi connectivity index (χ3n) is 3.02. The van der Waals surface area contributed by atoms with Gasteiger partial charge in [-0.2, -0.15) is 0 Å². The van der Waals surface area contributed by atoms with Gasteiger partial charge in [-0.05, 0) is 36.2 Å². The predicted octanol–water partition coefficient (Wildman–Crippen LogP) is 3.77. The van der Waals surface area contributed by atoms with Gasteiger partial charge in [-0.3, -0.25) is 4.79 Å². The Morgan fingerprint density at radius 3 is 2.67 bits per heavy atom. The van der Waals surface area contributed by atoms with Crippen LogP contribution in [0.4, 0.5) is 5.69 Å². The minimum absolute atomic E-state index is 0.186. The van der Waals surface area contributed by atoms with Gasteiger partial charge in [0.25, 0.3) is 5.91 Å². The van der Waals surface area contributed by atoms with Crippen LogP contribution in [0.3, 0.4) is 0 Å². The Balaban J connectivity index is 1.88. The van der Waals surface area contributed by atoms with Crippen molar-refractivity contribution in [3.8, 4) is 11.3 Å². The molecule has 0 unspecified atom stereocenters. The summed E-state index contributed by atoms with van der Waals surface area (Å²) in [5.41, 5.74) is 3.37. The van der Waals surface area contributed by atoms with Gasteiger partial charge in [0.1, 0.15) is 10.6 Å². The van der Waals surface area contributed by atoms with Gasteiger partial charge in [0.15, 0.2) is 0 Å². The molecule has 5 heteroatoms. The number of carbonyl (C=O) groups excluding carboxylic acids is 1. The van der Waals surface area contributed by atoms with Crippen LogP contribution in [0.1, 0.15) is 15.2 Å². The number of amides is 1. The standard InChI is InChI=1S/C16H13N3OS/c1-11-6-5-9-13(10-11)17-16(20)15-14(18-19-21-15)12-7-3-2-4-8-12/h2-10H,1H3,(H,17,20). The lowest BCUT2D eigenvalue weighted by molar-refractivity contribution is 0.103. The molecule has 0 fully saturated rings. The van der Waals surface area contributed by atoms with Crippen molar-refractivity contribution >= 4 is 23.1 Å². The van der Waals surface area contributed by atoms with E-state index in [4.69, 9.17) is 0 Å². The fourth-order valence-electron chi connectivity index (χ4n) is 2.04. The first-order valence-electron chi connectivity index (χ1n) is 6.50. The maximum Gasteiger partial charge on any atom is 0.269 e. The molecule has 0 aliphatic heterocycles. The minimum atomic E-state index is -0.186. The van der Waals surface area contributed by atoms with Gasteiger partial charge in [-0.15, -0.1) is 5.10 Å². The van der Waals surface area contributed by atoms with Crippen LogP contribution in [0.5, 0.6) is 0 Å². The molecule has 2 aromatic carbocycles. The Hall–Kier alpha value is -2.53. The summed E-state index contributed by atoms with van der Waals surface area (Å²) in [4.78, 5) is 12.9. The molecule has 0 saturated carbocycles. The first kappa shape index (κ1) is 13.5. The fourth-order valence-corrected chi connectivity index (χ4v) is 2.62. The van der Waals surface area contributed by atoms with Gasteiger partial charge in [0, 0.05) is 11.3 Å². The Kier molecular flexibility index (Phi) is 3.75. The lowest BCUT2D eigenvalue weighted by Crippen LogP contribution is -2.11. The van der Waals surface area contributed by atoms with Crippen LogP contribution in [-0.2, 0) is 0 Å². The molecule has 1 N–H and O–H groups in total. The largest absolute Gasteiger partial charge is 0.321 e. The molecule has 0 aliphatic rings. The zero-order chi connectivity index (χ0) is 14.7. The molecule has 0 saturated heterocycles. The number of aryl methyl sites for hydroxylation is 1. The molecular weight excluding hydrogens is 282 g/mol. The summed E-state index contributed by atoms with van der Waals surface area (Å²) in [6.45, 7) is 1.99. The van der Waals surface area contributed by atoms with Crippen molar-refractivity contribution in [2.75, 3.05) is 5.32 Å². The topological polar surface area (TPSA) is 54.9 Å². The molecule has 4 nitrogen and oxygen atoms in total. The van der Waals surface area contributed by atoms with Gasteiger partial charge in [-0.25, -0.2) is 0 Å². The van der Waals surface area contributed by atoms with Crippen molar-refractivity contribution in [3.63, 3.8) is 0 Å². The molecule has 0 aliphatic carbocycles. The van der Waals surface area contributed by atoms with Gasteiger partial charge in [0.05, 0.1) is 0 Å². The maximum absolute atomic E-state index is 12.4. The van der Waals surface area contributed by atoms with Gasteiger partial charge >= 0.3 is 0 Å². The molecule has 0 radical (unpaired) electrons. The molecule has 1 amide bonds. The minimum Gasteiger partial charge on any atom is -0.321 e. The first-order valence-corrected chi connectivity index (χ1v) is 7.27. The van der Waals surface area contributed by atoms with Crippen LogP contribution in [-0.4, -0.2) is 15.5 Å². The van der Waals surface area contributed by atoms with Crippen molar-refractivity contribution in [1.29, 1.82) is 0 Å². The highest BCUT2D eigenvalue weighted by Gasteiger charge is 2.17. The van der Waals surface area contributed by atoms with Crippen molar-refractivity contribution < 1.29 is 4.79 Å². The molecule has 104 valence electrons. The summed E-state index contributed by atoms with van der Waals surface area (Å²) in [7, 11) is 0. The number of carbonyl (C=O) groups is 1. The Morgan fingerprint density at radius 1 is 1.10 bits per heavy atom. The normalized spacial score (nSPS) is 10.3. The van der Waals surface area contributed by atoms with Crippen molar-refractivity contribution in [2.24, 2.45) is 0 Å². The second kappa shape index (κ2) is 5.85. The summed E-state index contributed by atoms with van der Waals surface area (Å²) in [5.74, 6) is -0.186. The van der Waals surface area contributed by atoms with E-state index in [0.717, 1.165) is 28.3 Å². The van der Waals surface area contributed by atoms with Crippen LogP contribution >= 0.6 is 11.5 Å². The van der Waals surface area contributed by atoms with Crippen LogP contribution < -0.4 is 5.32 Å². The lowest BCUT2D eigenvalue weighted by atomic mass is 10.1. The quantitative estimate of drug-likeness (QED) is 0.800. The van der Waals surface area contributed by atoms with Crippen molar-refractivity contribution in [2.45, 2.75) is 6.92 Å². The van der Waals surface area contributed by atoms with E-state index >= 15 is 0 Å². The fraction of sp³-hybridized carbons (Fsp3) is 0.0625. The predicted molar refractivity (Wildman–Crippen MR) is 84.5 cm³/mol. The van der Waals surface area contributed by atoms with Crippen molar-refractivity contribution in [1.82, 2.24) is 9.59 Å². The zero-order valence-corrected chi connectivity index (χ0v) is 12.2. The number of aromatic nitrogens is 2. The highest BCUT2D eigenvalue weighted by Crippen LogP contribution is 2.24. The van der Waals surface area contributed by atoms with Gasteiger partial charge in [-0.1, -0.05) is 47.0 Å². The average molecular weight is 295 g/mol. The van der Waals surface area contributed by atoms with E-state index in [0.29, 0.717) is 10.6 Å². The average Bonchev–Trinajstić information content (AvgIpc) is 2.98. The van der Waals surface area contributed by atoms with Crippen LogP contribution in [0.2, 0.25) is 0 Å². The molecule has 0 spiro atoms. The van der Waals surface area contributed by atoms with E-state index in [-0.39, 0.29) is 5.91 Å². The molecule has 3 aromatic rings. The maximum atomic E-state index is 12.4. The summed E-state index contributed by atoms with van der Waals surface area (Å²) in [6, 6.07) is 17.3. The molecular formula is C16H13N3OS. The number of rotatable bonds is 3. The third kappa shape index (κ3) is 2.98. The van der Waals surface area contributed by atoms with Crippen LogP contribution in [0, 0.1) is 6.92 Å². The van der Waals surface area contributed by atoms with E-state index < -0.39 is 0 Å².